The van der Waals surface area contributed by atoms with Gasteiger partial charge in [0.1, 0.15) is 11.6 Å². The number of halogens is 2. The number of hydrogen-bond acceptors (Lipinski definition) is 2. The van der Waals surface area contributed by atoms with Crippen LogP contribution in [0, 0.1) is 11.6 Å². The van der Waals surface area contributed by atoms with E-state index in [1.807, 2.05) is 24.3 Å². The predicted molar refractivity (Wildman–Crippen MR) is 74.7 cm³/mol. The van der Waals surface area contributed by atoms with Crippen molar-refractivity contribution in [2.75, 3.05) is 0 Å². The van der Waals surface area contributed by atoms with Crippen molar-refractivity contribution in [1.29, 1.82) is 0 Å². The standard InChI is InChI=1S/C16H14F2N2O/c17-10-5-6-12(13(18)8-10)16(21)20-15-11-4-2-1-3-9(11)7-14(15)19/h1-6,8,14-15H,7,19H2,(H,20,21). The molecule has 0 fully saturated rings. The third-order valence-electron chi connectivity index (χ3n) is 3.74. The summed E-state index contributed by atoms with van der Waals surface area (Å²) in [5.41, 5.74) is 7.89. The largest absolute Gasteiger partial charge is 0.344 e. The van der Waals surface area contributed by atoms with Crippen LogP contribution in [0.5, 0.6) is 0 Å². The predicted octanol–water partition coefficient (Wildman–Crippen LogP) is 2.32. The van der Waals surface area contributed by atoms with Crippen molar-refractivity contribution in [3.8, 4) is 0 Å². The Kier molecular flexibility index (Phi) is 3.43. The third-order valence-corrected chi connectivity index (χ3v) is 3.74. The minimum absolute atomic E-state index is 0.187. The first kappa shape index (κ1) is 13.7. The number of amides is 1. The fourth-order valence-corrected chi connectivity index (χ4v) is 2.70. The van der Waals surface area contributed by atoms with E-state index in [1.54, 1.807) is 0 Å². The Balaban J connectivity index is 1.85. The molecule has 1 amide bonds. The summed E-state index contributed by atoms with van der Waals surface area (Å²) in [7, 11) is 0. The van der Waals surface area contributed by atoms with Gasteiger partial charge in [0.15, 0.2) is 0 Å². The first-order chi connectivity index (χ1) is 10.1. The zero-order valence-corrected chi connectivity index (χ0v) is 11.1. The lowest BCUT2D eigenvalue weighted by Crippen LogP contribution is -2.38. The Morgan fingerprint density at radius 1 is 1.19 bits per heavy atom. The lowest BCUT2D eigenvalue weighted by atomic mass is 10.1. The average molecular weight is 288 g/mol. The van der Waals surface area contributed by atoms with Crippen molar-refractivity contribution >= 4 is 5.91 Å². The van der Waals surface area contributed by atoms with Crippen LogP contribution in [0.15, 0.2) is 42.5 Å². The number of nitrogens with one attached hydrogen (secondary N) is 1. The van der Waals surface area contributed by atoms with Gasteiger partial charge in [-0.05, 0) is 29.7 Å². The fraction of sp³-hybridized carbons (Fsp3) is 0.188. The van der Waals surface area contributed by atoms with Gasteiger partial charge in [0.05, 0.1) is 11.6 Å². The van der Waals surface area contributed by atoms with Crippen molar-refractivity contribution in [3.05, 3.63) is 70.8 Å². The van der Waals surface area contributed by atoms with Crippen LogP contribution in [-0.4, -0.2) is 11.9 Å². The van der Waals surface area contributed by atoms with Gasteiger partial charge in [-0.15, -0.1) is 0 Å². The Morgan fingerprint density at radius 3 is 2.71 bits per heavy atom. The zero-order valence-electron chi connectivity index (χ0n) is 11.1. The molecule has 0 spiro atoms. The van der Waals surface area contributed by atoms with Crippen molar-refractivity contribution in [3.63, 3.8) is 0 Å². The molecular weight excluding hydrogens is 274 g/mol. The summed E-state index contributed by atoms with van der Waals surface area (Å²) in [5, 5.41) is 2.74. The average Bonchev–Trinajstić information content (AvgIpc) is 2.75. The van der Waals surface area contributed by atoms with Gasteiger partial charge in [-0.3, -0.25) is 4.79 Å². The van der Waals surface area contributed by atoms with Crippen LogP contribution in [0.4, 0.5) is 8.78 Å². The zero-order chi connectivity index (χ0) is 15.0. The lowest BCUT2D eigenvalue weighted by Gasteiger charge is -2.19. The van der Waals surface area contributed by atoms with E-state index in [-0.39, 0.29) is 17.6 Å². The summed E-state index contributed by atoms with van der Waals surface area (Å²) in [6, 6.07) is 9.90. The Labute approximate surface area is 120 Å². The first-order valence-corrected chi connectivity index (χ1v) is 6.65. The smallest absolute Gasteiger partial charge is 0.254 e. The Bertz CT molecular complexity index is 702. The maximum absolute atomic E-state index is 13.6. The molecular formula is C16H14F2N2O. The molecule has 0 aromatic heterocycles. The van der Waals surface area contributed by atoms with Crippen molar-refractivity contribution < 1.29 is 13.6 Å². The summed E-state index contributed by atoms with van der Waals surface area (Å²) in [5.74, 6) is -2.19. The molecule has 0 saturated heterocycles. The van der Waals surface area contributed by atoms with Gasteiger partial charge in [-0.25, -0.2) is 8.78 Å². The van der Waals surface area contributed by atoms with E-state index >= 15 is 0 Å². The molecule has 3 rings (SSSR count). The van der Waals surface area contributed by atoms with E-state index in [2.05, 4.69) is 5.32 Å². The van der Waals surface area contributed by atoms with E-state index in [0.29, 0.717) is 12.5 Å². The number of hydrogen-bond donors (Lipinski definition) is 2. The van der Waals surface area contributed by atoms with Gasteiger partial charge in [-0.1, -0.05) is 24.3 Å². The van der Waals surface area contributed by atoms with Crippen LogP contribution in [-0.2, 0) is 6.42 Å². The highest BCUT2D eigenvalue weighted by atomic mass is 19.1. The van der Waals surface area contributed by atoms with Crippen LogP contribution >= 0.6 is 0 Å². The highest BCUT2D eigenvalue weighted by Gasteiger charge is 2.31. The summed E-state index contributed by atoms with van der Waals surface area (Å²) in [6.45, 7) is 0. The van der Waals surface area contributed by atoms with Crippen LogP contribution in [0.2, 0.25) is 0 Å². The second kappa shape index (κ2) is 5.26. The normalized spacial score (nSPS) is 20.1. The van der Waals surface area contributed by atoms with Crippen LogP contribution in [0.3, 0.4) is 0 Å². The van der Waals surface area contributed by atoms with Gasteiger partial charge in [0.2, 0.25) is 0 Å². The second-order valence-corrected chi connectivity index (χ2v) is 5.14. The van der Waals surface area contributed by atoms with Gasteiger partial charge < -0.3 is 11.1 Å². The molecule has 108 valence electrons. The number of carbonyl (C=O) groups is 1. The molecule has 0 radical (unpaired) electrons. The molecule has 2 unspecified atom stereocenters. The van der Waals surface area contributed by atoms with Gasteiger partial charge >= 0.3 is 0 Å². The molecule has 2 atom stereocenters. The lowest BCUT2D eigenvalue weighted by molar-refractivity contribution is 0.0929. The van der Waals surface area contributed by atoms with Crippen molar-refractivity contribution in [2.45, 2.75) is 18.5 Å². The minimum atomic E-state index is -0.882. The molecule has 0 saturated carbocycles. The maximum Gasteiger partial charge on any atom is 0.254 e. The molecule has 0 aliphatic heterocycles. The molecule has 3 nitrogen and oxygen atoms in total. The van der Waals surface area contributed by atoms with E-state index < -0.39 is 17.5 Å². The summed E-state index contributed by atoms with van der Waals surface area (Å²) in [4.78, 5) is 12.2. The quantitative estimate of drug-likeness (QED) is 0.891. The third kappa shape index (κ3) is 2.52. The van der Waals surface area contributed by atoms with Crippen molar-refractivity contribution in [2.24, 2.45) is 5.73 Å². The number of fused-ring (bicyclic) bond motifs is 1. The fourth-order valence-electron chi connectivity index (χ4n) is 2.70. The van der Waals surface area contributed by atoms with Crippen molar-refractivity contribution in [1.82, 2.24) is 5.32 Å². The first-order valence-electron chi connectivity index (χ1n) is 6.65. The molecule has 3 N–H and O–H groups in total. The van der Waals surface area contributed by atoms with E-state index in [4.69, 9.17) is 5.73 Å². The van der Waals surface area contributed by atoms with Crippen LogP contribution < -0.4 is 11.1 Å². The maximum atomic E-state index is 13.6. The second-order valence-electron chi connectivity index (χ2n) is 5.14. The number of benzene rings is 2. The van der Waals surface area contributed by atoms with Gasteiger partial charge in [0, 0.05) is 12.1 Å². The highest BCUT2D eigenvalue weighted by molar-refractivity contribution is 5.94. The molecule has 1 aliphatic carbocycles. The molecule has 1 aliphatic rings. The molecule has 21 heavy (non-hydrogen) atoms. The number of rotatable bonds is 2. The SMILES string of the molecule is NC1Cc2ccccc2C1NC(=O)c1ccc(F)cc1F. The molecule has 5 heteroatoms. The Hall–Kier alpha value is -2.27. The molecule has 0 heterocycles. The highest BCUT2D eigenvalue weighted by Crippen LogP contribution is 2.30. The topological polar surface area (TPSA) is 55.1 Å². The summed E-state index contributed by atoms with van der Waals surface area (Å²) >= 11 is 0. The van der Waals surface area contributed by atoms with E-state index in [1.165, 1.54) is 0 Å². The minimum Gasteiger partial charge on any atom is -0.344 e. The summed E-state index contributed by atoms with van der Waals surface area (Å²) in [6.07, 6.45) is 0.660. The molecule has 2 aromatic rings. The van der Waals surface area contributed by atoms with Gasteiger partial charge in [-0.2, -0.15) is 0 Å². The summed E-state index contributed by atoms with van der Waals surface area (Å²) < 4.78 is 26.5. The Morgan fingerprint density at radius 2 is 1.95 bits per heavy atom. The number of carbonyl (C=O) groups excluding carboxylic acids is 1. The number of nitrogens with two attached hydrogens (primary N) is 1. The van der Waals surface area contributed by atoms with Gasteiger partial charge in [0.25, 0.3) is 5.91 Å². The van der Waals surface area contributed by atoms with E-state index in [0.717, 1.165) is 23.3 Å². The molecule has 0 bridgehead atoms. The molecule has 2 aromatic carbocycles. The van der Waals surface area contributed by atoms with Crippen LogP contribution in [0.25, 0.3) is 0 Å². The monoisotopic (exact) mass is 288 g/mol. The van der Waals surface area contributed by atoms with E-state index in [9.17, 15) is 13.6 Å². The van der Waals surface area contributed by atoms with Crippen LogP contribution in [0.1, 0.15) is 27.5 Å².